The Morgan fingerprint density at radius 2 is 2.13 bits per heavy atom. The highest BCUT2D eigenvalue weighted by atomic mass is 32.2. The van der Waals surface area contributed by atoms with Crippen LogP contribution in [0.15, 0.2) is 69.6 Å². The van der Waals surface area contributed by atoms with Crippen molar-refractivity contribution in [2.45, 2.75) is 12.8 Å². The summed E-state index contributed by atoms with van der Waals surface area (Å²) in [7, 11) is 0. The largest absolute Gasteiger partial charge is 0.102 e. The van der Waals surface area contributed by atoms with Crippen LogP contribution >= 0.6 is 11.8 Å². The molecule has 15 heavy (non-hydrogen) atoms. The molecule has 74 valence electrons. The standard InChI is InChI=1S/C14H12S/c1-10-7-8-15-13-9-11-5-3-2-4-6-12(11)14(10)13/h2-4,6-8H,1,5,9H2. The van der Waals surface area contributed by atoms with E-state index in [4.69, 9.17) is 0 Å². The van der Waals surface area contributed by atoms with Crippen LogP contribution in [0.3, 0.4) is 0 Å². The van der Waals surface area contributed by atoms with Gasteiger partial charge in [-0.2, -0.15) is 0 Å². The van der Waals surface area contributed by atoms with Gasteiger partial charge in [0.1, 0.15) is 0 Å². The molecule has 0 saturated heterocycles. The average Bonchev–Trinajstić information content (AvgIpc) is 2.43. The third-order valence-electron chi connectivity index (χ3n) is 2.98. The molecule has 0 aromatic carbocycles. The first kappa shape index (κ1) is 9.05. The Bertz CT molecular complexity index is 481. The SMILES string of the molecule is C=C1C=CSC2=C1C1=C(CC=CC=C1)C2. The lowest BCUT2D eigenvalue weighted by Crippen LogP contribution is -1.91. The summed E-state index contributed by atoms with van der Waals surface area (Å²) < 4.78 is 0. The average molecular weight is 212 g/mol. The van der Waals surface area contributed by atoms with Gasteiger partial charge in [-0.1, -0.05) is 36.5 Å². The van der Waals surface area contributed by atoms with Crippen LogP contribution in [-0.2, 0) is 0 Å². The summed E-state index contributed by atoms with van der Waals surface area (Å²) in [6, 6.07) is 0. The quantitative estimate of drug-likeness (QED) is 0.577. The normalized spacial score (nSPS) is 23.3. The Kier molecular flexibility index (Phi) is 2.06. The highest BCUT2D eigenvalue weighted by molar-refractivity contribution is 8.05. The predicted molar refractivity (Wildman–Crippen MR) is 67.4 cm³/mol. The van der Waals surface area contributed by atoms with Crippen LogP contribution in [0.2, 0.25) is 0 Å². The van der Waals surface area contributed by atoms with E-state index < -0.39 is 0 Å². The second-order valence-corrected chi connectivity index (χ2v) is 4.93. The topological polar surface area (TPSA) is 0 Å². The Morgan fingerprint density at radius 1 is 1.20 bits per heavy atom. The van der Waals surface area contributed by atoms with Gasteiger partial charge in [0, 0.05) is 11.3 Å². The molecule has 0 N–H and O–H groups in total. The second-order valence-electron chi connectivity index (χ2n) is 3.93. The van der Waals surface area contributed by atoms with Crippen molar-refractivity contribution in [3.8, 4) is 0 Å². The van der Waals surface area contributed by atoms with Crippen LogP contribution in [-0.4, -0.2) is 0 Å². The van der Waals surface area contributed by atoms with Gasteiger partial charge in [0.2, 0.25) is 0 Å². The molecule has 0 atom stereocenters. The highest BCUT2D eigenvalue weighted by Gasteiger charge is 2.25. The lowest BCUT2D eigenvalue weighted by Gasteiger charge is -2.12. The van der Waals surface area contributed by atoms with E-state index in [0.29, 0.717) is 0 Å². The number of allylic oxidation sites excluding steroid dienone is 10. The smallest absolute Gasteiger partial charge is 0.00167 e. The van der Waals surface area contributed by atoms with E-state index in [9.17, 15) is 0 Å². The summed E-state index contributed by atoms with van der Waals surface area (Å²) >= 11 is 1.85. The molecule has 0 nitrogen and oxygen atoms in total. The monoisotopic (exact) mass is 212 g/mol. The predicted octanol–water partition coefficient (Wildman–Crippen LogP) is 4.27. The Balaban J connectivity index is 2.08. The first-order valence-electron chi connectivity index (χ1n) is 5.17. The van der Waals surface area contributed by atoms with Crippen LogP contribution in [0.5, 0.6) is 0 Å². The number of thioether (sulfide) groups is 1. The van der Waals surface area contributed by atoms with Crippen molar-refractivity contribution in [2.75, 3.05) is 0 Å². The third kappa shape index (κ3) is 1.38. The molecular formula is C14H12S. The van der Waals surface area contributed by atoms with Crippen molar-refractivity contribution >= 4 is 11.8 Å². The summed E-state index contributed by atoms with van der Waals surface area (Å²) in [5.74, 6) is 0. The number of fused-ring (bicyclic) bond motifs is 1. The van der Waals surface area contributed by atoms with E-state index in [2.05, 4.69) is 42.4 Å². The lowest BCUT2D eigenvalue weighted by molar-refractivity contribution is 1.12. The fraction of sp³-hybridized carbons (Fsp3) is 0.143. The van der Waals surface area contributed by atoms with E-state index in [1.165, 1.54) is 21.6 Å². The van der Waals surface area contributed by atoms with E-state index in [-0.39, 0.29) is 0 Å². The van der Waals surface area contributed by atoms with E-state index in [1.807, 2.05) is 11.8 Å². The molecule has 0 aromatic heterocycles. The Morgan fingerprint density at radius 3 is 3.07 bits per heavy atom. The molecular weight excluding hydrogens is 200 g/mol. The van der Waals surface area contributed by atoms with Crippen molar-refractivity contribution in [1.29, 1.82) is 0 Å². The zero-order chi connectivity index (χ0) is 10.3. The van der Waals surface area contributed by atoms with Crippen LogP contribution < -0.4 is 0 Å². The molecule has 0 spiro atoms. The molecule has 0 radical (unpaired) electrons. The van der Waals surface area contributed by atoms with Crippen molar-refractivity contribution < 1.29 is 0 Å². The fourth-order valence-electron chi connectivity index (χ4n) is 2.26. The van der Waals surface area contributed by atoms with E-state index in [0.717, 1.165) is 12.8 Å². The zero-order valence-electron chi connectivity index (χ0n) is 8.49. The van der Waals surface area contributed by atoms with Crippen molar-refractivity contribution in [1.82, 2.24) is 0 Å². The maximum absolute atomic E-state index is 4.13. The summed E-state index contributed by atoms with van der Waals surface area (Å²) in [6.07, 6.45) is 13.0. The summed E-state index contributed by atoms with van der Waals surface area (Å²) in [6.45, 7) is 4.13. The lowest BCUT2D eigenvalue weighted by atomic mass is 9.99. The minimum atomic E-state index is 1.09. The first-order valence-corrected chi connectivity index (χ1v) is 6.05. The molecule has 0 saturated carbocycles. The van der Waals surface area contributed by atoms with Gasteiger partial charge in [-0.3, -0.25) is 0 Å². The fourth-order valence-corrected chi connectivity index (χ4v) is 3.28. The van der Waals surface area contributed by atoms with Crippen LogP contribution in [0.4, 0.5) is 0 Å². The minimum absolute atomic E-state index is 1.09. The summed E-state index contributed by atoms with van der Waals surface area (Å²) in [4.78, 5) is 1.48. The molecule has 1 heterocycles. The molecule has 0 amide bonds. The van der Waals surface area contributed by atoms with Crippen LogP contribution in [0.1, 0.15) is 12.8 Å². The number of hydrogen-bond donors (Lipinski definition) is 0. The zero-order valence-corrected chi connectivity index (χ0v) is 9.31. The van der Waals surface area contributed by atoms with Gasteiger partial charge < -0.3 is 0 Å². The maximum Gasteiger partial charge on any atom is 0.00167 e. The minimum Gasteiger partial charge on any atom is -0.102 e. The molecule has 3 aliphatic rings. The Hall–Kier alpha value is -1.21. The molecule has 0 fully saturated rings. The van der Waals surface area contributed by atoms with Crippen LogP contribution in [0, 0.1) is 0 Å². The highest BCUT2D eigenvalue weighted by Crippen LogP contribution is 2.47. The molecule has 0 aromatic rings. The van der Waals surface area contributed by atoms with Gasteiger partial charge >= 0.3 is 0 Å². The Labute approximate surface area is 94.5 Å². The van der Waals surface area contributed by atoms with Gasteiger partial charge in [0.15, 0.2) is 0 Å². The molecule has 1 heteroatoms. The van der Waals surface area contributed by atoms with Gasteiger partial charge in [-0.15, -0.1) is 11.8 Å². The molecule has 3 rings (SSSR count). The van der Waals surface area contributed by atoms with Gasteiger partial charge in [0.25, 0.3) is 0 Å². The van der Waals surface area contributed by atoms with Crippen molar-refractivity contribution in [3.63, 3.8) is 0 Å². The molecule has 1 aliphatic heterocycles. The molecule has 0 bridgehead atoms. The van der Waals surface area contributed by atoms with Crippen molar-refractivity contribution in [2.24, 2.45) is 0 Å². The first-order chi connectivity index (χ1) is 7.36. The van der Waals surface area contributed by atoms with Gasteiger partial charge in [-0.25, -0.2) is 0 Å². The van der Waals surface area contributed by atoms with E-state index in [1.54, 1.807) is 5.57 Å². The third-order valence-corrected chi connectivity index (χ3v) is 3.88. The van der Waals surface area contributed by atoms with E-state index >= 15 is 0 Å². The second kappa shape index (κ2) is 3.42. The van der Waals surface area contributed by atoms with Crippen LogP contribution in [0.25, 0.3) is 0 Å². The maximum atomic E-state index is 4.13. The molecule has 2 aliphatic carbocycles. The van der Waals surface area contributed by atoms with Gasteiger partial charge in [0.05, 0.1) is 0 Å². The van der Waals surface area contributed by atoms with Gasteiger partial charge in [-0.05, 0) is 34.6 Å². The summed E-state index contributed by atoms with van der Waals surface area (Å²) in [5, 5.41) is 2.15. The number of hydrogen-bond acceptors (Lipinski definition) is 1. The number of rotatable bonds is 0. The van der Waals surface area contributed by atoms with Crippen molar-refractivity contribution in [3.05, 3.63) is 69.6 Å². The molecule has 0 unspecified atom stereocenters. The summed E-state index contributed by atoms with van der Waals surface area (Å²) in [5.41, 5.74) is 5.51.